The van der Waals surface area contributed by atoms with Gasteiger partial charge < -0.3 is 4.57 Å². The van der Waals surface area contributed by atoms with Gasteiger partial charge in [-0.25, -0.2) is 15.0 Å². The summed E-state index contributed by atoms with van der Waals surface area (Å²) in [5, 5.41) is -1.27. The maximum absolute atomic E-state index is 10.0. The first kappa shape index (κ1) is 14.1. The van der Waals surface area contributed by atoms with Gasteiger partial charge in [0.05, 0.1) is 45.3 Å². The number of benzene rings is 7. The highest BCUT2D eigenvalue weighted by Gasteiger charge is 2.20. The Morgan fingerprint density at radius 3 is 1.87 bits per heavy atom. The van der Waals surface area contributed by atoms with E-state index in [2.05, 4.69) is 15.0 Å². The van der Waals surface area contributed by atoms with E-state index >= 15 is 0 Å². The molecule has 11 rings (SSSR count). The molecule has 11 aromatic rings. The van der Waals surface area contributed by atoms with E-state index in [0.717, 1.165) is 15.9 Å². The van der Waals surface area contributed by atoms with Crippen LogP contribution in [-0.2, 0) is 0 Å². The molecule has 0 unspecified atom stereocenters. The number of rotatable bonds is 4. The number of thiophene rings is 2. The summed E-state index contributed by atoms with van der Waals surface area (Å²) < 4.78 is 224. The van der Waals surface area contributed by atoms with Crippen LogP contribution in [0.25, 0.3) is 102 Å². The van der Waals surface area contributed by atoms with Crippen LogP contribution in [0.2, 0.25) is 0 Å². The highest BCUT2D eigenvalue weighted by molar-refractivity contribution is 7.28. The molecule has 0 N–H and O–H groups in total. The number of nitrogens with zero attached hydrogens (tertiary/aromatic N) is 4. The van der Waals surface area contributed by atoms with Crippen molar-refractivity contribution in [3.05, 3.63) is 157 Å². The maximum atomic E-state index is 10.0. The number of fused-ring (bicyclic) bond motifs is 10. The van der Waals surface area contributed by atoms with Gasteiger partial charge in [-0.15, -0.1) is 22.7 Å². The molecule has 0 amide bonds. The fourth-order valence-electron chi connectivity index (χ4n) is 6.15. The monoisotopic (exact) mass is 725 g/mol. The molecule has 0 radical (unpaired) electrons. The van der Waals surface area contributed by atoms with E-state index in [1.807, 2.05) is 0 Å². The SMILES string of the molecule is [2H]c1c([2H])c([2H])c(-c2nc(-c3c([2H])c([2H])c([2H])c(C)c3[2H])nc(-c3c([2H])c([2H])c([2H])c4c3sc3c([2H])c([2H])c5sc6c([2H])c([2H])c(-n7c8c([2H])c([2H])c([2H])c([2H])c8c8c([2H])c([2H])c([2H])c([2H])c87)c([2H])c6c5c34)n2)c([2H])c1[2H]. The average molecular weight is 726 g/mol. The van der Waals surface area contributed by atoms with Crippen LogP contribution < -0.4 is 0 Å². The van der Waals surface area contributed by atoms with E-state index in [4.69, 9.17) is 23.3 Å². The topological polar surface area (TPSA) is 43.6 Å². The number of para-hydroxylation sites is 2. The molecule has 0 saturated carbocycles. The third-order valence-electron chi connectivity index (χ3n) is 8.31. The second-order valence-corrected chi connectivity index (χ2v) is 13.4. The van der Waals surface area contributed by atoms with Crippen LogP contribution >= 0.6 is 22.7 Å². The summed E-state index contributed by atoms with van der Waals surface area (Å²) in [7, 11) is 0. The molecule has 0 atom stereocenters. The van der Waals surface area contributed by atoms with Gasteiger partial charge in [-0.2, -0.15) is 0 Å². The Kier molecular flexibility index (Phi) is 3.09. The predicted octanol–water partition coefficient (Wildman–Crippen LogP) is 13.0. The molecule has 0 aliphatic carbocycles. The molecule has 0 aliphatic rings. The smallest absolute Gasteiger partial charge is 0.165 e. The summed E-state index contributed by atoms with van der Waals surface area (Å²) in [6.07, 6.45) is 0. The van der Waals surface area contributed by atoms with Crippen molar-refractivity contribution in [1.82, 2.24) is 19.5 Å². The molecule has 0 bridgehead atoms. The standard InChI is InChI=1S/C46H28N4S2/c1-27-11-9-14-29(25-27)45-47-44(28-12-3-2-4-13-28)48-46(49-45)34-18-10-17-33-41-40(52-43(33)34)24-23-39-42(41)35-26-30(21-22-38(35)51-39)50-36-19-7-5-15-31(36)32-16-6-8-20-37(32)50/h2-26H,1H3/i2D,3D,4D,5D,6D,7D,8D,9D,10D,11D,12D,13D,14D,15D,16D,17D,18D,19D,20D,21D,22D,23D,24D,25D,26D. The Labute approximate surface area is 342 Å². The molecule has 52 heavy (non-hydrogen) atoms. The van der Waals surface area contributed by atoms with Gasteiger partial charge in [-0.05, 0) is 61.3 Å². The van der Waals surface area contributed by atoms with E-state index < -0.39 is 196 Å². The van der Waals surface area contributed by atoms with Crippen LogP contribution in [0.3, 0.4) is 0 Å². The molecular weight excluding hydrogens is 673 g/mol. The van der Waals surface area contributed by atoms with Gasteiger partial charge in [0.2, 0.25) is 0 Å². The zero-order valence-corrected chi connectivity index (χ0v) is 27.7. The first-order valence-electron chi connectivity index (χ1n) is 27.8. The maximum Gasteiger partial charge on any atom is 0.165 e. The first-order chi connectivity index (χ1) is 36.1. The number of hydrogen-bond donors (Lipinski definition) is 0. The van der Waals surface area contributed by atoms with Crippen molar-refractivity contribution in [3.63, 3.8) is 0 Å². The molecule has 4 aromatic heterocycles. The second-order valence-electron chi connectivity index (χ2n) is 11.3. The summed E-state index contributed by atoms with van der Waals surface area (Å²) in [5.41, 5.74) is -2.96. The van der Waals surface area contributed by atoms with Crippen molar-refractivity contribution >= 4 is 84.8 Å². The quantitative estimate of drug-likeness (QED) is 0.181. The normalized spacial score (nSPS) is 18.7. The largest absolute Gasteiger partial charge is 0.309 e. The van der Waals surface area contributed by atoms with Gasteiger partial charge in [0.25, 0.3) is 0 Å². The molecule has 244 valence electrons. The lowest BCUT2D eigenvalue weighted by atomic mass is 10.0. The van der Waals surface area contributed by atoms with E-state index in [-0.39, 0.29) is 62.2 Å². The Morgan fingerprint density at radius 1 is 0.481 bits per heavy atom. The minimum atomic E-state index is -0.798. The summed E-state index contributed by atoms with van der Waals surface area (Å²) in [4.78, 5) is 13.4. The molecule has 4 nitrogen and oxygen atoms in total. The predicted molar refractivity (Wildman–Crippen MR) is 221 cm³/mol. The number of hydrogen-bond acceptors (Lipinski definition) is 5. The van der Waals surface area contributed by atoms with Crippen LogP contribution in [0.5, 0.6) is 0 Å². The summed E-state index contributed by atoms with van der Waals surface area (Å²) >= 11 is 1.45. The van der Waals surface area contributed by atoms with E-state index in [0.29, 0.717) is 11.3 Å². The van der Waals surface area contributed by atoms with Gasteiger partial charge in [0, 0.05) is 73.5 Å². The van der Waals surface area contributed by atoms with Gasteiger partial charge in [0.1, 0.15) is 0 Å². The van der Waals surface area contributed by atoms with Crippen LogP contribution in [0.15, 0.2) is 151 Å². The van der Waals surface area contributed by atoms with Gasteiger partial charge in [-0.1, -0.05) is 102 Å². The lowest BCUT2D eigenvalue weighted by Crippen LogP contribution is -2.00. The van der Waals surface area contributed by atoms with Crippen molar-refractivity contribution in [3.8, 4) is 39.9 Å². The third kappa shape index (κ3) is 4.48. The molecule has 7 aromatic carbocycles. The van der Waals surface area contributed by atoms with Crippen molar-refractivity contribution < 1.29 is 34.3 Å². The Morgan fingerprint density at radius 2 is 1.08 bits per heavy atom. The average Bonchev–Trinajstić information content (AvgIpc) is 4.28. The zero-order valence-electron chi connectivity index (χ0n) is 51.1. The van der Waals surface area contributed by atoms with E-state index in [9.17, 15) is 11.0 Å². The second kappa shape index (κ2) is 11.4. The number of aromatic nitrogens is 4. The summed E-state index contributed by atoms with van der Waals surface area (Å²) in [6, 6.07) is -17.2. The van der Waals surface area contributed by atoms with Crippen LogP contribution in [0.1, 0.15) is 39.8 Å². The van der Waals surface area contributed by atoms with Crippen LogP contribution in [0, 0.1) is 6.92 Å². The summed E-state index contributed by atoms with van der Waals surface area (Å²) in [5.74, 6) is -1.80. The summed E-state index contributed by atoms with van der Waals surface area (Å²) in [6.45, 7) is 1.34. The highest BCUT2D eigenvalue weighted by atomic mass is 32.1. The minimum Gasteiger partial charge on any atom is -0.309 e. The van der Waals surface area contributed by atoms with Crippen LogP contribution in [0.4, 0.5) is 0 Å². The van der Waals surface area contributed by atoms with E-state index in [1.165, 1.54) is 6.92 Å². The molecule has 4 heterocycles. The fourth-order valence-corrected chi connectivity index (χ4v) is 8.23. The van der Waals surface area contributed by atoms with E-state index in [1.54, 1.807) is 0 Å². The van der Waals surface area contributed by atoms with Gasteiger partial charge >= 0.3 is 0 Å². The Hall–Kier alpha value is -6.21. The molecular formula is C46H28N4S2. The zero-order chi connectivity index (χ0) is 56.1. The minimum absolute atomic E-state index is 0.0551. The highest BCUT2D eigenvalue weighted by Crippen LogP contribution is 2.47. The molecule has 0 fully saturated rings. The Bertz CT molecular complexity index is 4440. The molecule has 0 spiro atoms. The van der Waals surface area contributed by atoms with Gasteiger partial charge in [0.15, 0.2) is 17.5 Å². The molecule has 6 heteroatoms. The van der Waals surface area contributed by atoms with Crippen molar-refractivity contribution in [1.29, 1.82) is 0 Å². The molecule has 0 aliphatic heterocycles. The lowest BCUT2D eigenvalue weighted by molar-refractivity contribution is 1.08. The van der Waals surface area contributed by atoms with Gasteiger partial charge in [-0.3, -0.25) is 0 Å². The van der Waals surface area contributed by atoms with Crippen LogP contribution in [-0.4, -0.2) is 19.5 Å². The third-order valence-corrected chi connectivity index (χ3v) is 10.5. The molecule has 0 saturated heterocycles. The first-order valence-corrected chi connectivity index (χ1v) is 17.0. The fraction of sp³-hybridized carbons (Fsp3) is 0.0217. The lowest BCUT2D eigenvalue weighted by Gasteiger charge is -2.09. The van der Waals surface area contributed by atoms with Crippen molar-refractivity contribution in [2.24, 2.45) is 0 Å². The van der Waals surface area contributed by atoms with Crippen molar-refractivity contribution in [2.45, 2.75) is 6.92 Å². The Balaban J connectivity index is 1.33. The van der Waals surface area contributed by atoms with Crippen molar-refractivity contribution in [2.75, 3.05) is 0 Å².